The van der Waals surface area contributed by atoms with E-state index in [4.69, 9.17) is 19.2 Å². The summed E-state index contributed by atoms with van der Waals surface area (Å²) in [6, 6.07) is 23.5. The van der Waals surface area contributed by atoms with Crippen molar-refractivity contribution in [2.45, 2.75) is 6.54 Å². The molecule has 1 fully saturated rings. The minimum absolute atomic E-state index is 0.0319. The van der Waals surface area contributed by atoms with Crippen molar-refractivity contribution >= 4 is 16.8 Å². The van der Waals surface area contributed by atoms with Crippen LogP contribution in [0.15, 0.2) is 72.8 Å². The third kappa shape index (κ3) is 5.22. The molecule has 0 spiro atoms. The molecule has 3 aromatic carbocycles. The van der Waals surface area contributed by atoms with E-state index < -0.39 is 0 Å². The van der Waals surface area contributed by atoms with Crippen LogP contribution in [0.3, 0.4) is 0 Å². The van der Waals surface area contributed by atoms with E-state index in [0.717, 1.165) is 47.5 Å². The lowest BCUT2D eigenvalue weighted by atomic mass is 10.0. The molecule has 0 radical (unpaired) electrons. The highest BCUT2D eigenvalue weighted by Gasteiger charge is 2.24. The molecular formula is C30H31N3O4. The predicted molar refractivity (Wildman–Crippen MR) is 144 cm³/mol. The first kappa shape index (κ1) is 24.6. The molecular weight excluding hydrogens is 466 g/mol. The van der Waals surface area contributed by atoms with Gasteiger partial charge in [0, 0.05) is 43.7 Å². The van der Waals surface area contributed by atoms with E-state index in [2.05, 4.69) is 17.0 Å². The summed E-state index contributed by atoms with van der Waals surface area (Å²) in [5, 5.41) is 0.859. The molecule has 4 aromatic rings. The molecule has 1 amide bonds. The number of amides is 1. The van der Waals surface area contributed by atoms with Crippen LogP contribution in [0, 0.1) is 0 Å². The van der Waals surface area contributed by atoms with E-state index in [1.54, 1.807) is 21.3 Å². The Morgan fingerprint density at radius 1 is 0.811 bits per heavy atom. The Balaban J connectivity index is 1.37. The Kier molecular flexibility index (Phi) is 7.23. The van der Waals surface area contributed by atoms with Gasteiger partial charge in [0.2, 0.25) is 0 Å². The van der Waals surface area contributed by atoms with Gasteiger partial charge >= 0.3 is 0 Å². The van der Waals surface area contributed by atoms with Crippen LogP contribution in [0.5, 0.6) is 17.2 Å². The van der Waals surface area contributed by atoms with Crippen LogP contribution in [-0.2, 0) is 6.54 Å². The van der Waals surface area contributed by atoms with Gasteiger partial charge in [-0.3, -0.25) is 9.69 Å². The molecule has 0 unspecified atom stereocenters. The van der Waals surface area contributed by atoms with Gasteiger partial charge in [-0.25, -0.2) is 4.98 Å². The fourth-order valence-corrected chi connectivity index (χ4v) is 4.76. The summed E-state index contributed by atoms with van der Waals surface area (Å²) in [7, 11) is 4.89. The molecule has 5 rings (SSSR count). The first-order valence-electron chi connectivity index (χ1n) is 12.4. The Morgan fingerprint density at radius 3 is 2.24 bits per heavy atom. The molecule has 0 N–H and O–H groups in total. The molecule has 37 heavy (non-hydrogen) atoms. The number of methoxy groups -OCH3 is 3. The third-order valence-corrected chi connectivity index (χ3v) is 6.85. The molecule has 190 valence electrons. The van der Waals surface area contributed by atoms with Crippen molar-refractivity contribution in [3.8, 4) is 28.5 Å². The van der Waals surface area contributed by atoms with Gasteiger partial charge in [-0.2, -0.15) is 0 Å². The first-order valence-corrected chi connectivity index (χ1v) is 12.4. The number of nitrogens with zero attached hydrogens (tertiary/aromatic N) is 3. The summed E-state index contributed by atoms with van der Waals surface area (Å²) in [5.41, 5.74) is 4.28. The van der Waals surface area contributed by atoms with E-state index in [1.807, 2.05) is 65.6 Å². The van der Waals surface area contributed by atoms with Crippen molar-refractivity contribution in [3.63, 3.8) is 0 Å². The molecule has 1 saturated heterocycles. The average molecular weight is 498 g/mol. The highest BCUT2D eigenvalue weighted by Crippen LogP contribution is 2.33. The summed E-state index contributed by atoms with van der Waals surface area (Å²) in [6.45, 7) is 3.86. The quantitative estimate of drug-likeness (QED) is 0.363. The third-order valence-electron chi connectivity index (χ3n) is 6.85. The number of ether oxygens (including phenoxy) is 3. The van der Waals surface area contributed by atoms with Gasteiger partial charge in [0.25, 0.3) is 5.91 Å². The second-order valence-corrected chi connectivity index (χ2v) is 9.06. The summed E-state index contributed by atoms with van der Waals surface area (Å²) in [6.07, 6.45) is 0. The minimum atomic E-state index is 0.0319. The number of para-hydroxylation sites is 1. The van der Waals surface area contributed by atoms with E-state index >= 15 is 0 Å². The molecule has 0 saturated carbocycles. The number of fused-ring (bicyclic) bond motifs is 1. The first-order chi connectivity index (χ1) is 18.1. The number of hydrogen-bond acceptors (Lipinski definition) is 6. The largest absolute Gasteiger partial charge is 0.497 e. The highest BCUT2D eigenvalue weighted by atomic mass is 16.5. The van der Waals surface area contributed by atoms with Gasteiger partial charge in [0.05, 0.1) is 38.1 Å². The predicted octanol–water partition coefficient (Wildman–Crippen LogP) is 4.89. The van der Waals surface area contributed by atoms with Gasteiger partial charge < -0.3 is 19.1 Å². The monoisotopic (exact) mass is 497 g/mol. The Labute approximate surface area is 217 Å². The van der Waals surface area contributed by atoms with Crippen LogP contribution in [0.4, 0.5) is 0 Å². The van der Waals surface area contributed by atoms with Gasteiger partial charge in [0.1, 0.15) is 5.75 Å². The summed E-state index contributed by atoms with van der Waals surface area (Å²) in [5.74, 6) is 2.16. The number of piperazine rings is 1. The molecule has 0 atom stereocenters. The van der Waals surface area contributed by atoms with Crippen molar-refractivity contribution in [2.24, 2.45) is 0 Å². The lowest BCUT2D eigenvalue weighted by molar-refractivity contribution is 0.0630. The standard InChI is InChI=1S/C30H31N3O4/c1-35-23-11-8-21(9-12-23)20-32-14-16-33(17-15-32)30(34)25-19-27(31-26-7-5-4-6-24(25)26)22-10-13-28(36-2)29(18-22)37-3/h4-13,18-19H,14-17,20H2,1-3H3. The number of aromatic nitrogens is 1. The van der Waals surface area contributed by atoms with E-state index in [-0.39, 0.29) is 5.91 Å². The number of pyridine rings is 1. The molecule has 1 aliphatic rings. The molecule has 2 heterocycles. The second-order valence-electron chi connectivity index (χ2n) is 9.06. The van der Waals surface area contributed by atoms with E-state index in [9.17, 15) is 4.79 Å². The molecule has 1 aliphatic heterocycles. The lowest BCUT2D eigenvalue weighted by Crippen LogP contribution is -2.48. The average Bonchev–Trinajstić information content (AvgIpc) is 2.96. The van der Waals surface area contributed by atoms with Crippen molar-refractivity contribution in [1.82, 2.24) is 14.8 Å². The van der Waals surface area contributed by atoms with Crippen molar-refractivity contribution in [1.29, 1.82) is 0 Å². The molecule has 0 bridgehead atoms. The molecule has 0 aliphatic carbocycles. The van der Waals surface area contributed by atoms with Crippen LogP contribution >= 0.6 is 0 Å². The normalized spacial score (nSPS) is 14.0. The topological polar surface area (TPSA) is 64.1 Å². The van der Waals surface area contributed by atoms with E-state index in [1.165, 1.54) is 5.56 Å². The Hall–Kier alpha value is -4.10. The zero-order chi connectivity index (χ0) is 25.8. The van der Waals surface area contributed by atoms with Gasteiger partial charge in [-0.05, 0) is 48.0 Å². The summed E-state index contributed by atoms with van der Waals surface area (Å²) < 4.78 is 16.1. The van der Waals surface area contributed by atoms with Crippen LogP contribution in [0.1, 0.15) is 15.9 Å². The zero-order valence-corrected chi connectivity index (χ0v) is 21.4. The highest BCUT2D eigenvalue weighted by molar-refractivity contribution is 6.07. The number of carbonyl (C=O) groups is 1. The van der Waals surface area contributed by atoms with Crippen molar-refractivity contribution < 1.29 is 19.0 Å². The van der Waals surface area contributed by atoms with E-state index in [0.29, 0.717) is 30.2 Å². The number of rotatable bonds is 7. The fraction of sp³-hybridized carbons (Fsp3) is 0.267. The Morgan fingerprint density at radius 2 is 1.54 bits per heavy atom. The molecule has 7 heteroatoms. The Bertz CT molecular complexity index is 1400. The second kappa shape index (κ2) is 10.9. The fourth-order valence-electron chi connectivity index (χ4n) is 4.76. The number of carbonyl (C=O) groups excluding carboxylic acids is 1. The molecule has 1 aromatic heterocycles. The van der Waals surface area contributed by atoms with Crippen LogP contribution < -0.4 is 14.2 Å². The number of benzene rings is 3. The van der Waals surface area contributed by atoms with Crippen LogP contribution in [0.25, 0.3) is 22.2 Å². The van der Waals surface area contributed by atoms with Crippen LogP contribution in [0.2, 0.25) is 0 Å². The number of hydrogen-bond donors (Lipinski definition) is 0. The summed E-state index contributed by atoms with van der Waals surface area (Å²) >= 11 is 0. The van der Waals surface area contributed by atoms with Crippen molar-refractivity contribution in [3.05, 3.63) is 83.9 Å². The lowest BCUT2D eigenvalue weighted by Gasteiger charge is -2.35. The van der Waals surface area contributed by atoms with Crippen LogP contribution in [-0.4, -0.2) is 68.2 Å². The van der Waals surface area contributed by atoms with Gasteiger partial charge in [-0.1, -0.05) is 30.3 Å². The smallest absolute Gasteiger partial charge is 0.254 e. The van der Waals surface area contributed by atoms with Gasteiger partial charge in [-0.15, -0.1) is 0 Å². The van der Waals surface area contributed by atoms with Gasteiger partial charge in [0.15, 0.2) is 11.5 Å². The maximum absolute atomic E-state index is 13.8. The maximum Gasteiger partial charge on any atom is 0.254 e. The minimum Gasteiger partial charge on any atom is -0.497 e. The molecule has 7 nitrogen and oxygen atoms in total. The SMILES string of the molecule is COc1ccc(CN2CCN(C(=O)c3cc(-c4ccc(OC)c(OC)c4)nc4ccccc34)CC2)cc1. The summed E-state index contributed by atoms with van der Waals surface area (Å²) in [4.78, 5) is 23.0. The van der Waals surface area contributed by atoms with Crippen molar-refractivity contribution in [2.75, 3.05) is 47.5 Å². The zero-order valence-electron chi connectivity index (χ0n) is 21.4. The maximum atomic E-state index is 13.8.